The van der Waals surface area contributed by atoms with Crippen molar-refractivity contribution in [2.75, 3.05) is 7.11 Å². The molecule has 0 heterocycles. The fourth-order valence-corrected chi connectivity index (χ4v) is 2.13. The molecule has 0 bridgehead atoms. The first kappa shape index (κ1) is 14.5. The first-order chi connectivity index (χ1) is 9.42. The van der Waals surface area contributed by atoms with Crippen LogP contribution in [0.5, 0.6) is 5.75 Å². The van der Waals surface area contributed by atoms with Crippen LogP contribution in [0.1, 0.15) is 18.1 Å². The molecule has 1 atom stereocenters. The maximum Gasteiger partial charge on any atom is 0.165 e. The molecule has 0 radical (unpaired) electrons. The van der Waals surface area contributed by atoms with Crippen molar-refractivity contribution in [3.8, 4) is 5.75 Å². The van der Waals surface area contributed by atoms with Gasteiger partial charge in [0.15, 0.2) is 11.6 Å². The van der Waals surface area contributed by atoms with Gasteiger partial charge in [-0.3, -0.25) is 0 Å². The standard InChI is InChI=1S/C16H16F2O2/c1-16(19,12-4-6-13(17)7-5-12)10-11-3-8-15(20-2)14(18)9-11/h3-9,19H,10H2,1-2H3. The van der Waals surface area contributed by atoms with Crippen LogP contribution < -0.4 is 4.74 Å². The third kappa shape index (κ3) is 3.14. The molecular weight excluding hydrogens is 262 g/mol. The zero-order valence-electron chi connectivity index (χ0n) is 11.4. The molecule has 0 aromatic heterocycles. The minimum absolute atomic E-state index is 0.162. The summed E-state index contributed by atoms with van der Waals surface area (Å²) in [7, 11) is 1.40. The van der Waals surface area contributed by atoms with Gasteiger partial charge in [-0.2, -0.15) is 0 Å². The highest BCUT2D eigenvalue weighted by atomic mass is 19.1. The van der Waals surface area contributed by atoms with E-state index in [1.165, 1.54) is 43.5 Å². The van der Waals surface area contributed by atoms with Crippen molar-refractivity contribution in [1.29, 1.82) is 0 Å². The summed E-state index contributed by atoms with van der Waals surface area (Å²) in [4.78, 5) is 0. The lowest BCUT2D eigenvalue weighted by Crippen LogP contribution is -2.24. The number of benzene rings is 2. The highest BCUT2D eigenvalue weighted by Crippen LogP contribution is 2.27. The van der Waals surface area contributed by atoms with Gasteiger partial charge in [0.1, 0.15) is 5.82 Å². The van der Waals surface area contributed by atoms with Crippen molar-refractivity contribution in [2.24, 2.45) is 0 Å². The molecule has 20 heavy (non-hydrogen) atoms. The summed E-state index contributed by atoms with van der Waals surface area (Å²) in [5.74, 6) is -0.671. The van der Waals surface area contributed by atoms with E-state index in [0.717, 1.165) is 0 Å². The van der Waals surface area contributed by atoms with Crippen LogP contribution in [0.25, 0.3) is 0 Å². The van der Waals surface area contributed by atoms with E-state index in [1.807, 2.05) is 0 Å². The van der Waals surface area contributed by atoms with Gasteiger partial charge in [-0.25, -0.2) is 8.78 Å². The van der Waals surface area contributed by atoms with E-state index in [4.69, 9.17) is 4.74 Å². The number of methoxy groups -OCH3 is 1. The maximum atomic E-state index is 13.6. The zero-order valence-corrected chi connectivity index (χ0v) is 11.4. The van der Waals surface area contributed by atoms with Crippen LogP contribution in [-0.4, -0.2) is 12.2 Å². The van der Waals surface area contributed by atoms with Gasteiger partial charge >= 0.3 is 0 Å². The van der Waals surface area contributed by atoms with Crippen molar-refractivity contribution in [1.82, 2.24) is 0 Å². The van der Waals surface area contributed by atoms with Crippen LogP contribution in [0.15, 0.2) is 42.5 Å². The highest BCUT2D eigenvalue weighted by Gasteiger charge is 2.24. The Morgan fingerprint density at radius 3 is 2.30 bits per heavy atom. The molecule has 106 valence electrons. The molecular formula is C16H16F2O2. The second-order valence-corrected chi connectivity index (χ2v) is 4.93. The summed E-state index contributed by atoms with van der Waals surface area (Å²) in [6, 6.07) is 10.2. The van der Waals surface area contributed by atoms with E-state index in [0.29, 0.717) is 11.1 Å². The molecule has 2 rings (SSSR count). The molecule has 4 heteroatoms. The Labute approximate surface area is 116 Å². The molecule has 0 aliphatic rings. The van der Waals surface area contributed by atoms with Crippen molar-refractivity contribution in [3.05, 3.63) is 65.2 Å². The highest BCUT2D eigenvalue weighted by molar-refractivity contribution is 5.32. The molecule has 1 unspecified atom stereocenters. The lowest BCUT2D eigenvalue weighted by atomic mass is 9.89. The number of hydrogen-bond acceptors (Lipinski definition) is 2. The SMILES string of the molecule is COc1ccc(CC(C)(O)c2ccc(F)cc2)cc1F. The largest absolute Gasteiger partial charge is 0.494 e. The summed E-state index contributed by atoms with van der Waals surface area (Å²) < 4.78 is 31.4. The molecule has 0 spiro atoms. The Bertz CT molecular complexity index is 592. The maximum absolute atomic E-state index is 13.6. The second kappa shape index (κ2) is 5.59. The third-order valence-electron chi connectivity index (χ3n) is 3.23. The van der Waals surface area contributed by atoms with Gasteiger partial charge in [-0.15, -0.1) is 0 Å². The number of hydrogen-bond donors (Lipinski definition) is 1. The minimum Gasteiger partial charge on any atom is -0.494 e. The average Bonchev–Trinajstić information content (AvgIpc) is 2.39. The zero-order chi connectivity index (χ0) is 14.8. The minimum atomic E-state index is -1.20. The Kier molecular flexibility index (Phi) is 4.04. The molecule has 0 saturated heterocycles. The van der Waals surface area contributed by atoms with Crippen LogP contribution >= 0.6 is 0 Å². The monoisotopic (exact) mass is 278 g/mol. The van der Waals surface area contributed by atoms with E-state index in [2.05, 4.69) is 0 Å². The Balaban J connectivity index is 2.23. The summed E-state index contributed by atoms with van der Waals surface area (Å²) in [5.41, 5.74) is 0.0158. The van der Waals surface area contributed by atoms with E-state index < -0.39 is 11.4 Å². The second-order valence-electron chi connectivity index (χ2n) is 4.93. The smallest absolute Gasteiger partial charge is 0.165 e. The van der Waals surface area contributed by atoms with E-state index >= 15 is 0 Å². The fourth-order valence-electron chi connectivity index (χ4n) is 2.13. The number of halogens is 2. The van der Waals surface area contributed by atoms with Crippen LogP contribution in [0.4, 0.5) is 8.78 Å². The quantitative estimate of drug-likeness (QED) is 0.928. The number of aliphatic hydroxyl groups is 1. The van der Waals surface area contributed by atoms with Gasteiger partial charge in [0.05, 0.1) is 12.7 Å². The first-order valence-electron chi connectivity index (χ1n) is 6.23. The first-order valence-corrected chi connectivity index (χ1v) is 6.23. The summed E-state index contributed by atoms with van der Waals surface area (Å²) in [5, 5.41) is 10.5. The van der Waals surface area contributed by atoms with E-state index in [1.54, 1.807) is 13.0 Å². The van der Waals surface area contributed by atoms with Gasteiger partial charge in [-0.05, 0) is 42.3 Å². The molecule has 0 fully saturated rings. The fraction of sp³-hybridized carbons (Fsp3) is 0.250. The Morgan fingerprint density at radius 1 is 1.10 bits per heavy atom. The summed E-state index contributed by atoms with van der Waals surface area (Å²) in [6.07, 6.45) is 0.222. The molecule has 2 nitrogen and oxygen atoms in total. The molecule has 2 aromatic carbocycles. The van der Waals surface area contributed by atoms with Gasteiger partial charge in [0.2, 0.25) is 0 Å². The van der Waals surface area contributed by atoms with Crippen LogP contribution in [0.2, 0.25) is 0 Å². The van der Waals surface area contributed by atoms with Crippen LogP contribution in [-0.2, 0) is 12.0 Å². The van der Waals surface area contributed by atoms with Crippen molar-refractivity contribution >= 4 is 0 Å². The third-order valence-corrected chi connectivity index (χ3v) is 3.23. The van der Waals surface area contributed by atoms with E-state index in [-0.39, 0.29) is 18.0 Å². The summed E-state index contributed by atoms with van der Waals surface area (Å²) >= 11 is 0. The Hall–Kier alpha value is -1.94. The topological polar surface area (TPSA) is 29.5 Å². The average molecular weight is 278 g/mol. The van der Waals surface area contributed by atoms with Gasteiger partial charge in [-0.1, -0.05) is 18.2 Å². The molecule has 0 saturated carbocycles. The lowest BCUT2D eigenvalue weighted by molar-refractivity contribution is 0.0575. The summed E-state index contributed by atoms with van der Waals surface area (Å²) in [6.45, 7) is 1.61. The van der Waals surface area contributed by atoms with Crippen LogP contribution in [0.3, 0.4) is 0 Å². The predicted molar refractivity (Wildman–Crippen MR) is 72.6 cm³/mol. The van der Waals surface area contributed by atoms with Gasteiger partial charge < -0.3 is 9.84 Å². The molecule has 0 aliphatic carbocycles. The molecule has 2 aromatic rings. The van der Waals surface area contributed by atoms with Crippen molar-refractivity contribution in [2.45, 2.75) is 18.9 Å². The lowest BCUT2D eigenvalue weighted by Gasteiger charge is -2.24. The molecule has 0 aliphatic heterocycles. The van der Waals surface area contributed by atoms with E-state index in [9.17, 15) is 13.9 Å². The number of ether oxygens (including phenoxy) is 1. The molecule has 1 N–H and O–H groups in total. The predicted octanol–water partition coefficient (Wildman–Crippen LogP) is 3.42. The Morgan fingerprint density at radius 2 is 1.75 bits per heavy atom. The van der Waals surface area contributed by atoms with Gasteiger partial charge in [0.25, 0.3) is 0 Å². The van der Waals surface area contributed by atoms with Gasteiger partial charge in [0, 0.05) is 6.42 Å². The normalized spacial score (nSPS) is 13.8. The van der Waals surface area contributed by atoms with Crippen LogP contribution in [0, 0.1) is 11.6 Å². The van der Waals surface area contributed by atoms with Crippen molar-refractivity contribution in [3.63, 3.8) is 0 Å². The molecule has 0 amide bonds. The van der Waals surface area contributed by atoms with Crippen molar-refractivity contribution < 1.29 is 18.6 Å². The number of rotatable bonds is 4.